The van der Waals surface area contributed by atoms with Crippen molar-refractivity contribution in [2.45, 2.75) is 71.4 Å². The molecular weight excluding hydrogens is 346 g/mol. The van der Waals surface area contributed by atoms with Crippen molar-refractivity contribution in [1.82, 2.24) is 0 Å². The lowest BCUT2D eigenvalue weighted by Gasteiger charge is -2.23. The highest BCUT2D eigenvalue weighted by molar-refractivity contribution is 6.13. The number of carbonyl (C=O) groups excluding carboxylic acids is 1. The molecule has 0 bridgehead atoms. The summed E-state index contributed by atoms with van der Waals surface area (Å²) in [5.74, 6) is -0.242. The molecule has 2 rings (SSSR count). The zero-order valence-corrected chi connectivity index (χ0v) is 17.7. The molecule has 2 aromatic carbocycles. The minimum Gasteiger partial charge on any atom is -0.458 e. The zero-order chi connectivity index (χ0) is 20.4. The molecule has 0 fully saturated rings. The van der Waals surface area contributed by atoms with Crippen LogP contribution in [0, 0.1) is 0 Å². The molecule has 0 unspecified atom stereocenters. The molecular formula is C25H33NO2. The van der Waals surface area contributed by atoms with E-state index in [9.17, 15) is 4.79 Å². The number of aliphatic imine (C=N–C) groups is 1. The number of ether oxygens (including phenoxy) is 1. The maximum atomic E-state index is 12.9. The van der Waals surface area contributed by atoms with E-state index in [1.807, 2.05) is 81.4 Å². The fraction of sp³-hybridized carbons (Fsp3) is 0.440. The van der Waals surface area contributed by atoms with Crippen LogP contribution in [0.2, 0.25) is 0 Å². The lowest BCUT2D eigenvalue weighted by Crippen LogP contribution is -2.31. The van der Waals surface area contributed by atoms with Gasteiger partial charge in [-0.3, -0.25) is 4.99 Å². The topological polar surface area (TPSA) is 38.7 Å². The molecule has 0 amide bonds. The number of rotatable bonds is 9. The summed E-state index contributed by atoms with van der Waals surface area (Å²) in [6.07, 6.45) is 5.13. The first-order valence-electron chi connectivity index (χ1n) is 10.3. The summed E-state index contributed by atoms with van der Waals surface area (Å²) in [5.41, 5.74) is 2.34. The molecule has 2 aromatic rings. The molecule has 3 heteroatoms. The van der Waals surface area contributed by atoms with Crippen LogP contribution in [-0.2, 0) is 9.53 Å². The highest BCUT2D eigenvalue weighted by Gasteiger charge is 2.25. The molecule has 0 saturated carbocycles. The van der Waals surface area contributed by atoms with Gasteiger partial charge in [0.15, 0.2) is 0 Å². The Kier molecular flexibility index (Phi) is 8.43. The quantitative estimate of drug-likeness (QED) is 0.295. The van der Waals surface area contributed by atoms with Crippen molar-refractivity contribution < 1.29 is 9.53 Å². The molecule has 28 heavy (non-hydrogen) atoms. The zero-order valence-electron chi connectivity index (χ0n) is 17.7. The van der Waals surface area contributed by atoms with Crippen molar-refractivity contribution in [2.24, 2.45) is 4.99 Å². The molecule has 0 radical (unpaired) electrons. The van der Waals surface area contributed by atoms with Crippen LogP contribution in [0.3, 0.4) is 0 Å². The third-order valence-corrected chi connectivity index (χ3v) is 4.39. The fourth-order valence-electron chi connectivity index (χ4n) is 3.03. The second-order valence-electron chi connectivity index (χ2n) is 8.11. The van der Waals surface area contributed by atoms with E-state index in [-0.39, 0.29) is 5.97 Å². The van der Waals surface area contributed by atoms with Gasteiger partial charge < -0.3 is 4.74 Å². The van der Waals surface area contributed by atoms with Gasteiger partial charge in [0.1, 0.15) is 11.6 Å². The van der Waals surface area contributed by atoms with Crippen LogP contribution in [-0.4, -0.2) is 23.3 Å². The van der Waals surface area contributed by atoms with Crippen LogP contribution in [0.15, 0.2) is 65.7 Å². The van der Waals surface area contributed by atoms with Crippen molar-refractivity contribution in [1.29, 1.82) is 0 Å². The summed E-state index contributed by atoms with van der Waals surface area (Å²) in [4.78, 5) is 17.8. The van der Waals surface area contributed by atoms with Gasteiger partial charge in [0.2, 0.25) is 0 Å². The fourth-order valence-corrected chi connectivity index (χ4v) is 3.03. The molecule has 0 aliphatic heterocycles. The lowest BCUT2D eigenvalue weighted by atomic mass is 10.0. The summed E-state index contributed by atoms with van der Waals surface area (Å²) >= 11 is 0. The van der Waals surface area contributed by atoms with Crippen molar-refractivity contribution in [2.75, 3.05) is 0 Å². The second kappa shape index (κ2) is 10.8. The van der Waals surface area contributed by atoms with Gasteiger partial charge in [-0.1, -0.05) is 93.3 Å². The van der Waals surface area contributed by atoms with Gasteiger partial charge in [-0.05, 0) is 27.2 Å². The number of esters is 1. The number of carbonyl (C=O) groups is 1. The molecule has 0 N–H and O–H groups in total. The number of hydrogen-bond donors (Lipinski definition) is 0. The normalized spacial score (nSPS) is 12.3. The highest BCUT2D eigenvalue weighted by Crippen LogP contribution is 2.18. The van der Waals surface area contributed by atoms with Crippen molar-refractivity contribution in [3.8, 4) is 0 Å². The third-order valence-electron chi connectivity index (χ3n) is 4.39. The first-order valence-corrected chi connectivity index (χ1v) is 10.3. The van der Waals surface area contributed by atoms with E-state index in [4.69, 9.17) is 9.73 Å². The van der Waals surface area contributed by atoms with Crippen LogP contribution in [0.5, 0.6) is 0 Å². The molecule has 0 saturated heterocycles. The van der Waals surface area contributed by atoms with Gasteiger partial charge in [0, 0.05) is 11.1 Å². The Morgan fingerprint density at radius 3 is 1.89 bits per heavy atom. The summed E-state index contributed by atoms with van der Waals surface area (Å²) in [5, 5.41) is 0. The number of nitrogens with zero attached hydrogens (tertiary/aromatic N) is 1. The predicted molar refractivity (Wildman–Crippen MR) is 117 cm³/mol. The molecule has 3 nitrogen and oxygen atoms in total. The minimum absolute atomic E-state index is 0.242. The van der Waals surface area contributed by atoms with Crippen LogP contribution < -0.4 is 0 Å². The Hall–Kier alpha value is -2.42. The van der Waals surface area contributed by atoms with Crippen molar-refractivity contribution in [3.05, 3.63) is 71.8 Å². The first kappa shape index (κ1) is 21.9. The largest absolute Gasteiger partial charge is 0.458 e. The minimum atomic E-state index is -0.520. The smallest absolute Gasteiger partial charge is 0.331 e. The molecule has 150 valence electrons. The summed E-state index contributed by atoms with van der Waals surface area (Å²) < 4.78 is 5.68. The van der Waals surface area contributed by atoms with Gasteiger partial charge in [0.05, 0.1) is 5.71 Å². The molecule has 1 atom stereocenters. The maximum Gasteiger partial charge on any atom is 0.331 e. The van der Waals surface area contributed by atoms with E-state index in [0.29, 0.717) is 6.42 Å². The van der Waals surface area contributed by atoms with Gasteiger partial charge in [0.25, 0.3) is 0 Å². The Labute approximate surface area is 169 Å². The maximum absolute atomic E-state index is 12.9. The van der Waals surface area contributed by atoms with Crippen molar-refractivity contribution in [3.63, 3.8) is 0 Å². The van der Waals surface area contributed by atoms with Gasteiger partial charge in [-0.25, -0.2) is 4.79 Å². The molecule has 0 aromatic heterocycles. The molecule has 0 heterocycles. The average Bonchev–Trinajstić information content (AvgIpc) is 2.67. The number of benzene rings is 2. The Balaban J connectivity index is 2.37. The van der Waals surface area contributed by atoms with Gasteiger partial charge in [-0.15, -0.1) is 0 Å². The Bertz CT molecular complexity index is 704. The highest BCUT2D eigenvalue weighted by atomic mass is 16.6. The molecule has 0 aliphatic carbocycles. The van der Waals surface area contributed by atoms with E-state index in [0.717, 1.165) is 29.7 Å². The summed E-state index contributed by atoms with van der Waals surface area (Å²) in [6.45, 7) is 7.89. The van der Waals surface area contributed by atoms with Gasteiger partial charge >= 0.3 is 5.97 Å². The average molecular weight is 380 g/mol. The Morgan fingerprint density at radius 1 is 0.893 bits per heavy atom. The molecule has 0 aliphatic rings. The van der Waals surface area contributed by atoms with E-state index in [1.54, 1.807) is 0 Å². The van der Waals surface area contributed by atoms with Crippen LogP contribution in [0.4, 0.5) is 0 Å². The summed E-state index contributed by atoms with van der Waals surface area (Å²) in [7, 11) is 0. The van der Waals surface area contributed by atoms with Crippen LogP contribution >= 0.6 is 0 Å². The first-order chi connectivity index (χ1) is 13.4. The van der Waals surface area contributed by atoms with E-state index < -0.39 is 11.6 Å². The third kappa shape index (κ3) is 7.30. The monoisotopic (exact) mass is 379 g/mol. The predicted octanol–water partition coefficient (Wildman–Crippen LogP) is 6.20. The van der Waals surface area contributed by atoms with E-state index in [2.05, 4.69) is 6.92 Å². The van der Waals surface area contributed by atoms with E-state index in [1.165, 1.54) is 12.8 Å². The number of unbranched alkanes of at least 4 members (excludes halogenated alkanes) is 3. The van der Waals surface area contributed by atoms with Gasteiger partial charge in [-0.2, -0.15) is 0 Å². The summed E-state index contributed by atoms with van der Waals surface area (Å²) in [6, 6.07) is 19.6. The van der Waals surface area contributed by atoms with Crippen LogP contribution in [0.25, 0.3) is 0 Å². The molecule has 0 spiro atoms. The standard InChI is InChI=1S/C25H33NO2/c1-5-6-7-14-19-22(24(27)28-25(2,3)4)26-23(20-15-10-8-11-16-20)21-17-12-9-13-18-21/h8-13,15-18,22H,5-7,14,19H2,1-4H3/t22-/m0/s1. The van der Waals surface area contributed by atoms with Crippen LogP contribution in [0.1, 0.15) is 70.9 Å². The number of hydrogen-bond acceptors (Lipinski definition) is 3. The van der Waals surface area contributed by atoms with Crippen molar-refractivity contribution >= 4 is 11.7 Å². The second-order valence-corrected chi connectivity index (χ2v) is 8.11. The SMILES string of the molecule is CCCCCC[C@H](N=C(c1ccccc1)c1ccccc1)C(=O)OC(C)(C)C. The Morgan fingerprint density at radius 2 is 1.43 bits per heavy atom. The van der Waals surface area contributed by atoms with E-state index >= 15 is 0 Å². The lowest BCUT2D eigenvalue weighted by molar-refractivity contribution is -0.156.